The van der Waals surface area contributed by atoms with E-state index in [9.17, 15) is 10.1 Å². The zero-order valence-electron chi connectivity index (χ0n) is 15.3. The van der Waals surface area contributed by atoms with E-state index in [1.54, 1.807) is 26.4 Å². The first kappa shape index (κ1) is 18.3. The molecule has 7 nitrogen and oxygen atoms in total. The van der Waals surface area contributed by atoms with Gasteiger partial charge in [0, 0.05) is 29.8 Å². The first-order valence-electron chi connectivity index (χ1n) is 8.30. The van der Waals surface area contributed by atoms with E-state index in [1.807, 2.05) is 31.2 Å². The van der Waals surface area contributed by atoms with Crippen molar-refractivity contribution in [2.75, 3.05) is 14.2 Å². The second kappa shape index (κ2) is 7.82. The van der Waals surface area contributed by atoms with Crippen LogP contribution in [0.2, 0.25) is 0 Å². The van der Waals surface area contributed by atoms with Crippen molar-refractivity contribution in [2.24, 2.45) is 10.2 Å². The molecule has 138 valence electrons. The summed E-state index contributed by atoms with van der Waals surface area (Å²) in [6.45, 7) is 1.92. The van der Waals surface area contributed by atoms with Gasteiger partial charge >= 0.3 is 0 Å². The smallest absolute Gasteiger partial charge is 0.269 e. The lowest BCUT2D eigenvalue weighted by Gasteiger charge is -2.13. The van der Waals surface area contributed by atoms with Crippen LogP contribution in [0.15, 0.2) is 52.7 Å². The summed E-state index contributed by atoms with van der Waals surface area (Å²) in [5.74, 6) is 1.27. The minimum Gasteiger partial charge on any atom is -0.493 e. The lowest BCUT2D eigenvalue weighted by molar-refractivity contribution is -0.384. The Hall–Kier alpha value is -3.48. The predicted octanol–water partition coefficient (Wildman–Crippen LogP) is 4.05. The van der Waals surface area contributed by atoms with Crippen LogP contribution in [0.4, 0.5) is 5.69 Å². The zero-order chi connectivity index (χ0) is 19.4. The van der Waals surface area contributed by atoms with Crippen LogP contribution in [0, 0.1) is 10.1 Å². The van der Waals surface area contributed by atoms with Gasteiger partial charge in [-0.3, -0.25) is 10.1 Å². The Balaban J connectivity index is 1.99. The summed E-state index contributed by atoms with van der Waals surface area (Å²) in [7, 11) is 3.19. The number of ether oxygens (including phenoxy) is 2. The lowest BCUT2D eigenvalue weighted by Crippen LogP contribution is -2.05. The van der Waals surface area contributed by atoms with Gasteiger partial charge in [0.25, 0.3) is 5.69 Å². The Morgan fingerprint density at radius 3 is 2.33 bits per heavy atom. The van der Waals surface area contributed by atoms with E-state index in [2.05, 4.69) is 10.2 Å². The molecule has 2 aromatic carbocycles. The van der Waals surface area contributed by atoms with Gasteiger partial charge in [0.2, 0.25) is 0 Å². The maximum atomic E-state index is 10.8. The third-order valence-electron chi connectivity index (χ3n) is 4.20. The summed E-state index contributed by atoms with van der Waals surface area (Å²) in [6, 6.07) is 10.2. The minimum absolute atomic E-state index is 0.0568. The van der Waals surface area contributed by atoms with Crippen LogP contribution < -0.4 is 9.47 Å². The zero-order valence-corrected chi connectivity index (χ0v) is 15.3. The number of hydrogen-bond donors (Lipinski definition) is 0. The average Bonchev–Trinajstić information content (AvgIpc) is 2.83. The van der Waals surface area contributed by atoms with Crippen molar-refractivity contribution >= 4 is 23.2 Å². The van der Waals surface area contributed by atoms with Crippen molar-refractivity contribution in [3.8, 4) is 11.5 Å². The third-order valence-corrected chi connectivity index (χ3v) is 4.20. The molecule has 7 heteroatoms. The molecule has 0 aliphatic carbocycles. The van der Waals surface area contributed by atoms with Gasteiger partial charge in [-0.25, -0.2) is 0 Å². The molecule has 0 N–H and O–H groups in total. The summed E-state index contributed by atoms with van der Waals surface area (Å²) in [6.07, 6.45) is 4.35. The SMILES string of the molecule is COc1cc2c(cc1OC)C(/C=C/c1ccc([N+](=O)[O-])cc1)=NN=C(C)C2. The van der Waals surface area contributed by atoms with Crippen molar-refractivity contribution in [1.29, 1.82) is 0 Å². The highest BCUT2D eigenvalue weighted by Crippen LogP contribution is 2.32. The molecule has 3 rings (SSSR count). The van der Waals surface area contributed by atoms with Crippen LogP contribution in [0.5, 0.6) is 11.5 Å². The van der Waals surface area contributed by atoms with Gasteiger partial charge < -0.3 is 9.47 Å². The van der Waals surface area contributed by atoms with Crippen molar-refractivity contribution in [1.82, 2.24) is 0 Å². The Kier molecular flexibility index (Phi) is 5.30. The molecule has 0 amide bonds. The van der Waals surface area contributed by atoms with E-state index in [1.165, 1.54) is 12.1 Å². The molecular weight excluding hydrogens is 346 g/mol. The van der Waals surface area contributed by atoms with Crippen LogP contribution in [0.25, 0.3) is 6.08 Å². The summed E-state index contributed by atoms with van der Waals surface area (Å²) in [5, 5.41) is 19.4. The minimum atomic E-state index is -0.420. The molecule has 0 spiro atoms. The highest BCUT2D eigenvalue weighted by molar-refractivity contribution is 6.13. The van der Waals surface area contributed by atoms with E-state index in [0.29, 0.717) is 23.6 Å². The number of methoxy groups -OCH3 is 2. The highest BCUT2D eigenvalue weighted by Gasteiger charge is 2.17. The molecule has 27 heavy (non-hydrogen) atoms. The van der Waals surface area contributed by atoms with Gasteiger partial charge in [0.1, 0.15) is 0 Å². The number of nitrogens with zero attached hydrogens (tertiary/aromatic N) is 3. The van der Waals surface area contributed by atoms with Crippen LogP contribution >= 0.6 is 0 Å². The van der Waals surface area contributed by atoms with Crippen LogP contribution in [-0.4, -0.2) is 30.6 Å². The normalized spacial score (nSPS) is 13.4. The molecule has 1 heterocycles. The number of allylic oxidation sites excluding steroid dienone is 1. The second-order valence-electron chi connectivity index (χ2n) is 6.04. The van der Waals surface area contributed by atoms with Crippen molar-refractivity contribution in [3.63, 3.8) is 0 Å². The molecule has 0 saturated carbocycles. The summed E-state index contributed by atoms with van der Waals surface area (Å²) < 4.78 is 10.8. The number of non-ortho nitro benzene ring substituents is 1. The number of nitro groups is 1. The predicted molar refractivity (Wildman–Crippen MR) is 105 cm³/mol. The fourth-order valence-corrected chi connectivity index (χ4v) is 2.82. The number of nitro benzene ring substituents is 1. The second-order valence-corrected chi connectivity index (χ2v) is 6.04. The van der Waals surface area contributed by atoms with Gasteiger partial charge in [-0.2, -0.15) is 10.2 Å². The fraction of sp³-hybridized carbons (Fsp3) is 0.200. The molecule has 0 atom stereocenters. The molecule has 1 aliphatic rings. The summed E-state index contributed by atoms with van der Waals surface area (Å²) in [5.41, 5.74) is 4.41. The van der Waals surface area contributed by atoms with Gasteiger partial charge in [-0.1, -0.05) is 6.08 Å². The Bertz CT molecular complexity index is 960. The molecule has 0 unspecified atom stereocenters. The fourth-order valence-electron chi connectivity index (χ4n) is 2.82. The van der Waals surface area contributed by atoms with Crippen molar-refractivity contribution in [3.05, 3.63) is 69.3 Å². The first-order valence-corrected chi connectivity index (χ1v) is 8.30. The molecule has 0 bridgehead atoms. The number of rotatable bonds is 5. The number of benzene rings is 2. The molecule has 0 aromatic heterocycles. The van der Waals surface area contributed by atoms with Crippen LogP contribution in [0.1, 0.15) is 23.6 Å². The van der Waals surface area contributed by atoms with Crippen molar-refractivity contribution < 1.29 is 14.4 Å². The maximum Gasteiger partial charge on any atom is 0.269 e. The molecular formula is C20H19N3O4. The number of fused-ring (bicyclic) bond motifs is 1. The van der Waals surface area contributed by atoms with Gasteiger partial charge in [0.15, 0.2) is 11.5 Å². The van der Waals surface area contributed by atoms with Gasteiger partial charge in [0.05, 0.1) is 24.9 Å². The van der Waals surface area contributed by atoms with E-state index >= 15 is 0 Å². The molecule has 0 saturated heterocycles. The maximum absolute atomic E-state index is 10.8. The Morgan fingerprint density at radius 1 is 1.04 bits per heavy atom. The highest BCUT2D eigenvalue weighted by atomic mass is 16.6. The van der Waals surface area contributed by atoms with Gasteiger partial charge in [-0.15, -0.1) is 0 Å². The van der Waals surface area contributed by atoms with Gasteiger partial charge in [-0.05, 0) is 48.4 Å². The molecule has 1 aliphatic heterocycles. The first-order chi connectivity index (χ1) is 13.0. The standard InChI is InChI=1S/C20H19N3O4/c1-13-10-15-11-19(26-2)20(27-3)12-17(15)18(22-21-13)9-6-14-4-7-16(8-5-14)23(24)25/h4-9,11-12H,10H2,1-3H3/b9-6+. The quantitative estimate of drug-likeness (QED) is 0.591. The van der Waals surface area contributed by atoms with E-state index < -0.39 is 4.92 Å². The van der Waals surface area contributed by atoms with E-state index in [4.69, 9.17) is 9.47 Å². The Morgan fingerprint density at radius 2 is 1.70 bits per heavy atom. The van der Waals surface area contributed by atoms with E-state index in [-0.39, 0.29) is 5.69 Å². The van der Waals surface area contributed by atoms with Crippen LogP contribution in [0.3, 0.4) is 0 Å². The monoisotopic (exact) mass is 365 g/mol. The largest absolute Gasteiger partial charge is 0.493 e. The van der Waals surface area contributed by atoms with E-state index in [0.717, 1.165) is 22.4 Å². The summed E-state index contributed by atoms with van der Waals surface area (Å²) in [4.78, 5) is 10.3. The molecule has 0 radical (unpaired) electrons. The topological polar surface area (TPSA) is 86.3 Å². The molecule has 2 aromatic rings. The third kappa shape index (κ3) is 4.03. The molecule has 0 fully saturated rings. The summed E-state index contributed by atoms with van der Waals surface area (Å²) >= 11 is 0. The number of hydrogen-bond acceptors (Lipinski definition) is 6. The lowest BCUT2D eigenvalue weighted by atomic mass is 9.97. The van der Waals surface area contributed by atoms with Crippen LogP contribution in [-0.2, 0) is 6.42 Å². The Labute approximate surface area is 156 Å². The van der Waals surface area contributed by atoms with Crippen molar-refractivity contribution in [2.45, 2.75) is 13.3 Å². The average molecular weight is 365 g/mol.